The molecule has 1 N–H and O–H groups in total. The standard InChI is InChI=1S/C21H24N2O5/c1-3-26-19-11-14-10-13(2)28-18(14)12-15(19)22-20(24)16-6-4-8-23(16)21(25)17-7-5-9-27-17/h5,7,9,11-13,16H,3-4,6,8,10H2,1-2H3,(H,22,24)/t13-,16-/m1/s1. The van der Waals surface area contributed by atoms with Crippen LogP contribution in [0.5, 0.6) is 11.5 Å². The lowest BCUT2D eigenvalue weighted by atomic mass is 10.1. The van der Waals surface area contributed by atoms with Crippen LogP contribution in [0.1, 0.15) is 42.8 Å². The Bertz CT molecular complexity index is 877. The Balaban J connectivity index is 1.54. The van der Waals surface area contributed by atoms with Crippen LogP contribution in [0.15, 0.2) is 34.9 Å². The zero-order valence-corrected chi connectivity index (χ0v) is 16.1. The van der Waals surface area contributed by atoms with E-state index in [9.17, 15) is 9.59 Å². The molecule has 3 heterocycles. The third-order valence-corrected chi connectivity index (χ3v) is 5.10. The summed E-state index contributed by atoms with van der Waals surface area (Å²) in [5.41, 5.74) is 1.64. The van der Waals surface area contributed by atoms with Gasteiger partial charge in [-0.1, -0.05) is 0 Å². The molecular weight excluding hydrogens is 360 g/mol. The molecule has 1 fully saturated rings. The van der Waals surface area contributed by atoms with Gasteiger partial charge in [-0.25, -0.2) is 0 Å². The predicted molar refractivity (Wildman–Crippen MR) is 103 cm³/mol. The zero-order chi connectivity index (χ0) is 19.7. The first-order valence-corrected chi connectivity index (χ1v) is 9.68. The largest absolute Gasteiger partial charge is 0.492 e. The highest BCUT2D eigenvalue weighted by atomic mass is 16.5. The summed E-state index contributed by atoms with van der Waals surface area (Å²) in [6.45, 7) is 4.93. The maximum absolute atomic E-state index is 13.0. The van der Waals surface area contributed by atoms with Gasteiger partial charge in [0.25, 0.3) is 5.91 Å². The molecule has 28 heavy (non-hydrogen) atoms. The Morgan fingerprint density at radius 3 is 2.96 bits per heavy atom. The quantitative estimate of drug-likeness (QED) is 0.856. The molecule has 2 aliphatic rings. The Hall–Kier alpha value is -2.96. The first-order valence-electron chi connectivity index (χ1n) is 9.68. The van der Waals surface area contributed by atoms with E-state index >= 15 is 0 Å². The Morgan fingerprint density at radius 1 is 1.36 bits per heavy atom. The Kier molecular flexibility index (Phi) is 4.98. The van der Waals surface area contributed by atoms with E-state index in [2.05, 4.69) is 5.32 Å². The van der Waals surface area contributed by atoms with Gasteiger partial charge in [0.05, 0.1) is 18.6 Å². The molecule has 0 bridgehead atoms. The molecule has 4 rings (SSSR count). The second kappa shape index (κ2) is 7.58. The van der Waals surface area contributed by atoms with Gasteiger partial charge in [0, 0.05) is 24.6 Å². The third kappa shape index (κ3) is 3.44. The molecule has 7 heteroatoms. The minimum absolute atomic E-state index is 0.103. The van der Waals surface area contributed by atoms with Gasteiger partial charge < -0.3 is 24.1 Å². The van der Waals surface area contributed by atoms with Gasteiger partial charge in [0.15, 0.2) is 5.76 Å². The van der Waals surface area contributed by atoms with Gasteiger partial charge >= 0.3 is 0 Å². The average Bonchev–Trinajstić information content (AvgIpc) is 3.41. The summed E-state index contributed by atoms with van der Waals surface area (Å²) in [6.07, 6.45) is 3.76. The highest BCUT2D eigenvalue weighted by molar-refractivity contribution is 6.01. The average molecular weight is 384 g/mol. The molecule has 7 nitrogen and oxygen atoms in total. The number of benzene rings is 1. The molecule has 0 radical (unpaired) electrons. The lowest BCUT2D eigenvalue weighted by molar-refractivity contribution is -0.119. The van der Waals surface area contributed by atoms with E-state index in [1.165, 1.54) is 6.26 Å². The number of nitrogens with one attached hydrogen (secondary N) is 1. The monoisotopic (exact) mass is 384 g/mol. The fraction of sp³-hybridized carbons (Fsp3) is 0.429. The van der Waals surface area contributed by atoms with Gasteiger partial charge in [-0.2, -0.15) is 0 Å². The molecule has 0 aliphatic carbocycles. The molecule has 2 amide bonds. The van der Waals surface area contributed by atoms with E-state index in [1.54, 1.807) is 17.0 Å². The fourth-order valence-electron chi connectivity index (χ4n) is 3.85. The lowest BCUT2D eigenvalue weighted by Gasteiger charge is -2.23. The number of amides is 2. The van der Waals surface area contributed by atoms with Gasteiger partial charge in [-0.15, -0.1) is 0 Å². The molecule has 1 aromatic carbocycles. The minimum Gasteiger partial charge on any atom is -0.492 e. The fourth-order valence-corrected chi connectivity index (χ4v) is 3.85. The summed E-state index contributed by atoms with van der Waals surface area (Å²) in [4.78, 5) is 27.2. The maximum Gasteiger partial charge on any atom is 0.290 e. The van der Waals surface area contributed by atoms with E-state index in [-0.39, 0.29) is 23.7 Å². The number of fused-ring (bicyclic) bond motifs is 1. The molecule has 0 unspecified atom stereocenters. The topological polar surface area (TPSA) is 81.0 Å². The summed E-state index contributed by atoms with van der Waals surface area (Å²) in [5, 5.41) is 2.94. The van der Waals surface area contributed by atoms with Crippen molar-refractivity contribution in [1.29, 1.82) is 0 Å². The number of carbonyl (C=O) groups excluding carboxylic acids is 2. The van der Waals surface area contributed by atoms with E-state index in [0.717, 1.165) is 24.2 Å². The van der Waals surface area contributed by atoms with Crippen molar-refractivity contribution in [1.82, 2.24) is 4.90 Å². The number of likely N-dealkylation sites (tertiary alicyclic amines) is 1. The molecular formula is C21H24N2O5. The number of rotatable bonds is 5. The van der Waals surface area contributed by atoms with Crippen molar-refractivity contribution in [3.63, 3.8) is 0 Å². The number of anilines is 1. The number of carbonyl (C=O) groups is 2. The van der Waals surface area contributed by atoms with Crippen molar-refractivity contribution in [3.8, 4) is 11.5 Å². The summed E-state index contributed by atoms with van der Waals surface area (Å²) in [5.74, 6) is 1.13. The SMILES string of the molecule is CCOc1cc2c(cc1NC(=O)[C@H]1CCCN1C(=O)c1ccco1)O[C@H](C)C2. The number of nitrogens with zero attached hydrogens (tertiary/aromatic N) is 1. The van der Waals surface area contributed by atoms with Gasteiger partial charge in [-0.3, -0.25) is 9.59 Å². The van der Waals surface area contributed by atoms with Crippen molar-refractivity contribution in [2.45, 2.75) is 45.3 Å². The first-order chi connectivity index (χ1) is 13.6. The van der Waals surface area contributed by atoms with E-state index in [1.807, 2.05) is 26.0 Å². The summed E-state index contributed by atoms with van der Waals surface area (Å²) >= 11 is 0. The van der Waals surface area contributed by atoms with Gasteiger partial charge in [0.2, 0.25) is 5.91 Å². The zero-order valence-electron chi connectivity index (χ0n) is 16.1. The van der Waals surface area contributed by atoms with Gasteiger partial charge in [-0.05, 0) is 44.9 Å². The smallest absolute Gasteiger partial charge is 0.290 e. The number of furan rings is 1. The van der Waals surface area contributed by atoms with Crippen LogP contribution >= 0.6 is 0 Å². The second-order valence-corrected chi connectivity index (χ2v) is 7.14. The van der Waals surface area contributed by atoms with Crippen LogP contribution in [0.2, 0.25) is 0 Å². The molecule has 0 saturated carbocycles. The van der Waals surface area contributed by atoms with Crippen molar-refractivity contribution in [3.05, 3.63) is 41.9 Å². The Morgan fingerprint density at radius 2 is 2.21 bits per heavy atom. The van der Waals surface area contributed by atoms with Gasteiger partial charge in [0.1, 0.15) is 23.6 Å². The van der Waals surface area contributed by atoms with Crippen LogP contribution in [0.25, 0.3) is 0 Å². The Labute approximate surface area is 163 Å². The highest BCUT2D eigenvalue weighted by Crippen LogP contribution is 2.38. The van der Waals surface area contributed by atoms with Crippen molar-refractivity contribution < 1.29 is 23.5 Å². The van der Waals surface area contributed by atoms with E-state index in [0.29, 0.717) is 31.0 Å². The van der Waals surface area contributed by atoms with Crippen LogP contribution in [0, 0.1) is 0 Å². The molecule has 1 saturated heterocycles. The van der Waals surface area contributed by atoms with E-state index < -0.39 is 6.04 Å². The van der Waals surface area contributed by atoms with Crippen LogP contribution in [-0.2, 0) is 11.2 Å². The first kappa shape index (κ1) is 18.4. The highest BCUT2D eigenvalue weighted by Gasteiger charge is 2.36. The van der Waals surface area contributed by atoms with Crippen molar-refractivity contribution in [2.75, 3.05) is 18.5 Å². The van der Waals surface area contributed by atoms with Crippen LogP contribution in [0.3, 0.4) is 0 Å². The maximum atomic E-state index is 13.0. The number of hydrogen-bond acceptors (Lipinski definition) is 5. The van der Waals surface area contributed by atoms with Crippen LogP contribution < -0.4 is 14.8 Å². The number of hydrogen-bond donors (Lipinski definition) is 1. The molecule has 0 spiro atoms. The molecule has 1 aromatic heterocycles. The minimum atomic E-state index is -0.542. The molecule has 2 atom stereocenters. The summed E-state index contributed by atoms with van der Waals surface area (Å²) < 4.78 is 16.7. The second-order valence-electron chi connectivity index (χ2n) is 7.14. The normalized spacial score (nSPS) is 20.6. The molecule has 148 valence electrons. The molecule has 2 aromatic rings. The van der Waals surface area contributed by atoms with Crippen molar-refractivity contribution in [2.24, 2.45) is 0 Å². The van der Waals surface area contributed by atoms with Crippen LogP contribution in [0.4, 0.5) is 5.69 Å². The summed E-state index contributed by atoms with van der Waals surface area (Å²) in [7, 11) is 0. The lowest BCUT2D eigenvalue weighted by Crippen LogP contribution is -2.43. The van der Waals surface area contributed by atoms with E-state index in [4.69, 9.17) is 13.9 Å². The summed E-state index contributed by atoms with van der Waals surface area (Å²) in [6, 6.07) is 6.48. The van der Waals surface area contributed by atoms with Crippen LogP contribution in [-0.4, -0.2) is 42.0 Å². The molecule has 2 aliphatic heterocycles. The van der Waals surface area contributed by atoms with Crippen molar-refractivity contribution >= 4 is 17.5 Å². The number of ether oxygens (including phenoxy) is 2. The third-order valence-electron chi connectivity index (χ3n) is 5.10. The predicted octanol–water partition coefficient (Wildman–Crippen LogP) is 3.25.